The van der Waals surface area contributed by atoms with Gasteiger partial charge in [-0.05, 0) is 30.7 Å². The molecule has 29 heavy (non-hydrogen) atoms. The summed E-state index contributed by atoms with van der Waals surface area (Å²) in [4.78, 5) is 26.6. The first-order chi connectivity index (χ1) is 14.1. The number of para-hydroxylation sites is 1. The summed E-state index contributed by atoms with van der Waals surface area (Å²) >= 11 is 0. The number of hydrogen-bond donors (Lipinski definition) is 1. The molecule has 0 amide bonds. The van der Waals surface area contributed by atoms with E-state index < -0.39 is 0 Å². The number of nitrogens with zero attached hydrogens (tertiary/aromatic N) is 3. The van der Waals surface area contributed by atoms with Crippen LogP contribution < -0.4 is 4.84 Å². The van der Waals surface area contributed by atoms with E-state index >= 15 is 0 Å². The number of aromatic nitrogens is 1. The van der Waals surface area contributed by atoms with E-state index in [0.29, 0.717) is 12.2 Å². The molecule has 0 aliphatic carbocycles. The summed E-state index contributed by atoms with van der Waals surface area (Å²) in [5.74, 6) is 1.09. The SMILES string of the molecule is Cc1ccc2cc(C(=O)CN3CCN(C4c5ccccc5ON4C)CC3)[nH]c2c1. The first kappa shape index (κ1) is 18.4. The van der Waals surface area contributed by atoms with Gasteiger partial charge in [-0.1, -0.05) is 30.3 Å². The van der Waals surface area contributed by atoms with Crippen molar-refractivity contribution in [3.63, 3.8) is 0 Å². The van der Waals surface area contributed by atoms with Crippen molar-refractivity contribution in [1.82, 2.24) is 19.8 Å². The Kier molecular flexibility index (Phi) is 4.62. The molecule has 0 radical (unpaired) electrons. The zero-order valence-electron chi connectivity index (χ0n) is 16.9. The normalized spacial score (nSPS) is 20.7. The van der Waals surface area contributed by atoms with Crippen LogP contribution in [0, 0.1) is 6.92 Å². The Morgan fingerprint density at radius 1 is 1.10 bits per heavy atom. The molecule has 2 aliphatic heterocycles. The van der Waals surface area contributed by atoms with Crippen LogP contribution in [0.5, 0.6) is 5.75 Å². The third-order valence-corrected chi connectivity index (χ3v) is 5.98. The lowest BCUT2D eigenvalue weighted by atomic mass is 10.1. The molecule has 2 aliphatic rings. The molecule has 1 N–H and O–H groups in total. The summed E-state index contributed by atoms with van der Waals surface area (Å²) in [5, 5.41) is 3.02. The van der Waals surface area contributed by atoms with Crippen molar-refractivity contribution in [3.8, 4) is 5.75 Å². The van der Waals surface area contributed by atoms with Crippen molar-refractivity contribution in [2.24, 2.45) is 0 Å². The van der Waals surface area contributed by atoms with Crippen molar-refractivity contribution in [2.45, 2.75) is 13.1 Å². The third-order valence-electron chi connectivity index (χ3n) is 5.98. The predicted molar refractivity (Wildman–Crippen MR) is 113 cm³/mol. The van der Waals surface area contributed by atoms with E-state index in [1.807, 2.05) is 30.3 Å². The molecular weight excluding hydrogens is 364 g/mol. The van der Waals surface area contributed by atoms with E-state index in [0.717, 1.165) is 42.8 Å². The second-order valence-electron chi connectivity index (χ2n) is 8.06. The van der Waals surface area contributed by atoms with Crippen LogP contribution in [0.15, 0.2) is 48.5 Å². The molecule has 6 nitrogen and oxygen atoms in total. The molecule has 0 spiro atoms. The molecule has 1 unspecified atom stereocenters. The first-order valence-electron chi connectivity index (χ1n) is 10.2. The zero-order valence-corrected chi connectivity index (χ0v) is 16.9. The summed E-state index contributed by atoms with van der Waals surface area (Å²) < 4.78 is 0. The fourth-order valence-corrected chi connectivity index (χ4v) is 4.45. The lowest BCUT2D eigenvalue weighted by Gasteiger charge is -2.38. The van der Waals surface area contributed by atoms with E-state index in [-0.39, 0.29) is 11.9 Å². The summed E-state index contributed by atoms with van der Waals surface area (Å²) in [5.41, 5.74) is 4.14. The van der Waals surface area contributed by atoms with Crippen LogP contribution in [0.1, 0.15) is 27.8 Å². The van der Waals surface area contributed by atoms with Gasteiger partial charge in [0.15, 0.2) is 11.5 Å². The maximum absolute atomic E-state index is 12.8. The van der Waals surface area contributed by atoms with Crippen molar-refractivity contribution < 1.29 is 9.63 Å². The Morgan fingerprint density at radius 3 is 2.72 bits per heavy atom. The molecule has 1 saturated heterocycles. The Labute approximate surface area is 170 Å². The lowest BCUT2D eigenvalue weighted by Crippen LogP contribution is -2.51. The Balaban J connectivity index is 1.22. The molecule has 3 aromatic rings. The average Bonchev–Trinajstić information content (AvgIpc) is 3.28. The predicted octanol–water partition coefficient (Wildman–Crippen LogP) is 3.21. The second-order valence-corrected chi connectivity index (χ2v) is 8.06. The highest BCUT2D eigenvalue weighted by Crippen LogP contribution is 2.38. The number of hydroxylamine groups is 2. The molecule has 1 aromatic heterocycles. The molecule has 3 heterocycles. The highest BCUT2D eigenvalue weighted by atomic mass is 16.7. The van der Waals surface area contributed by atoms with Gasteiger partial charge in [0.2, 0.25) is 0 Å². The van der Waals surface area contributed by atoms with Gasteiger partial charge in [-0.2, -0.15) is 0 Å². The summed E-state index contributed by atoms with van der Waals surface area (Å²) in [6.07, 6.45) is 0.140. The maximum Gasteiger partial charge on any atom is 0.192 e. The van der Waals surface area contributed by atoms with Crippen LogP contribution in [-0.2, 0) is 0 Å². The van der Waals surface area contributed by atoms with Gasteiger partial charge < -0.3 is 9.82 Å². The first-order valence-corrected chi connectivity index (χ1v) is 10.2. The van der Waals surface area contributed by atoms with E-state index in [1.165, 1.54) is 11.1 Å². The quantitative estimate of drug-likeness (QED) is 0.694. The van der Waals surface area contributed by atoms with Crippen molar-refractivity contribution in [2.75, 3.05) is 39.8 Å². The molecule has 0 bridgehead atoms. The van der Waals surface area contributed by atoms with Crippen LogP contribution >= 0.6 is 0 Å². The topological polar surface area (TPSA) is 51.8 Å². The number of rotatable bonds is 4. The molecule has 5 rings (SSSR count). The number of nitrogens with one attached hydrogen (secondary N) is 1. The Bertz CT molecular complexity index is 1050. The standard InChI is InChI=1S/C23H26N4O2/c1-16-7-8-17-14-20(24-19(17)13-16)21(28)15-26-9-11-27(12-10-26)23-18-5-3-4-6-22(18)29-25(23)2/h3-8,13-14,23-24H,9-12,15H2,1-2H3. The number of H-pyrrole nitrogens is 1. The van der Waals surface area contributed by atoms with Crippen LogP contribution in [0.2, 0.25) is 0 Å². The number of Topliss-reactive ketones (excluding diaryl/α,β-unsaturated/α-hetero) is 1. The van der Waals surface area contributed by atoms with Crippen molar-refractivity contribution >= 4 is 16.7 Å². The minimum Gasteiger partial charge on any atom is -0.404 e. The maximum atomic E-state index is 12.8. The number of aryl methyl sites for hydroxylation is 1. The van der Waals surface area contributed by atoms with Gasteiger partial charge in [0.25, 0.3) is 0 Å². The van der Waals surface area contributed by atoms with Gasteiger partial charge in [-0.15, -0.1) is 5.06 Å². The summed E-state index contributed by atoms with van der Waals surface area (Å²) in [6, 6.07) is 16.4. The molecule has 2 aromatic carbocycles. The highest BCUT2D eigenvalue weighted by molar-refractivity contribution is 6.00. The minimum atomic E-state index is 0.140. The molecule has 0 saturated carbocycles. The summed E-state index contributed by atoms with van der Waals surface area (Å²) in [6.45, 7) is 6.08. The van der Waals surface area contributed by atoms with Crippen LogP contribution in [0.3, 0.4) is 0 Å². The van der Waals surface area contributed by atoms with Gasteiger partial charge >= 0.3 is 0 Å². The van der Waals surface area contributed by atoms with Crippen LogP contribution in [-0.4, -0.2) is 65.4 Å². The number of carbonyl (C=O) groups excluding carboxylic acids is 1. The van der Waals surface area contributed by atoms with Gasteiger partial charge in [-0.25, -0.2) is 0 Å². The number of piperazine rings is 1. The van der Waals surface area contributed by atoms with Gasteiger partial charge in [0.05, 0.1) is 12.2 Å². The largest absolute Gasteiger partial charge is 0.404 e. The molecule has 150 valence electrons. The minimum absolute atomic E-state index is 0.140. The molecule has 1 atom stereocenters. The monoisotopic (exact) mass is 390 g/mol. The van der Waals surface area contributed by atoms with Gasteiger partial charge in [-0.3, -0.25) is 14.6 Å². The van der Waals surface area contributed by atoms with E-state index in [9.17, 15) is 4.79 Å². The van der Waals surface area contributed by atoms with E-state index in [1.54, 1.807) is 0 Å². The molecular formula is C23H26N4O2. The number of aromatic amines is 1. The van der Waals surface area contributed by atoms with E-state index in [4.69, 9.17) is 4.84 Å². The number of carbonyl (C=O) groups is 1. The molecule has 1 fully saturated rings. The van der Waals surface area contributed by atoms with Gasteiger partial charge in [0.1, 0.15) is 6.17 Å². The van der Waals surface area contributed by atoms with Crippen molar-refractivity contribution in [3.05, 3.63) is 65.4 Å². The fourth-order valence-electron chi connectivity index (χ4n) is 4.45. The number of fused-ring (bicyclic) bond motifs is 2. The lowest BCUT2D eigenvalue weighted by molar-refractivity contribution is -0.109. The van der Waals surface area contributed by atoms with Gasteiger partial charge in [0, 0.05) is 49.7 Å². The number of benzene rings is 2. The second kappa shape index (κ2) is 7.30. The number of hydrogen-bond acceptors (Lipinski definition) is 5. The molecule has 6 heteroatoms. The van der Waals surface area contributed by atoms with E-state index in [2.05, 4.69) is 52.0 Å². The fraction of sp³-hybridized carbons (Fsp3) is 0.348. The third kappa shape index (κ3) is 3.44. The van der Waals surface area contributed by atoms with Crippen LogP contribution in [0.4, 0.5) is 0 Å². The zero-order chi connectivity index (χ0) is 20.0. The van der Waals surface area contributed by atoms with Crippen molar-refractivity contribution in [1.29, 1.82) is 0 Å². The average molecular weight is 390 g/mol. The Morgan fingerprint density at radius 2 is 1.90 bits per heavy atom. The smallest absolute Gasteiger partial charge is 0.192 e. The number of ketones is 1. The van der Waals surface area contributed by atoms with Crippen LogP contribution in [0.25, 0.3) is 10.9 Å². The summed E-state index contributed by atoms with van der Waals surface area (Å²) in [7, 11) is 1.98. The highest BCUT2D eigenvalue weighted by Gasteiger charge is 2.36. The Hall–Kier alpha value is -2.67.